The number of aromatic nitrogens is 2. The highest BCUT2D eigenvalue weighted by atomic mass is 35.5. The highest BCUT2D eigenvalue weighted by molar-refractivity contribution is 5.80. The minimum absolute atomic E-state index is 0. The zero-order chi connectivity index (χ0) is 21.8. The van der Waals surface area contributed by atoms with E-state index < -0.39 is 0 Å². The lowest BCUT2D eigenvalue weighted by molar-refractivity contribution is -0.684. The second kappa shape index (κ2) is 10.7. The van der Waals surface area contributed by atoms with Crippen molar-refractivity contribution >= 4 is 23.8 Å². The van der Waals surface area contributed by atoms with Crippen molar-refractivity contribution in [2.75, 3.05) is 36.0 Å². The molecule has 2 aliphatic heterocycles. The molecule has 33 heavy (non-hydrogen) atoms. The molecule has 2 saturated heterocycles. The van der Waals surface area contributed by atoms with Gasteiger partial charge in [0.1, 0.15) is 0 Å². The van der Waals surface area contributed by atoms with Crippen LogP contribution in [0.15, 0.2) is 71.1 Å². The van der Waals surface area contributed by atoms with Crippen LogP contribution in [0.5, 0.6) is 0 Å². The van der Waals surface area contributed by atoms with Crippen molar-refractivity contribution in [3.63, 3.8) is 0 Å². The van der Waals surface area contributed by atoms with Crippen molar-refractivity contribution in [1.29, 1.82) is 0 Å². The lowest BCUT2D eigenvalue weighted by Crippen LogP contribution is -3.00. The molecule has 0 aliphatic carbocycles. The third-order valence-electron chi connectivity index (χ3n) is 6.40. The molecule has 3 heterocycles. The number of rotatable bonds is 6. The quantitative estimate of drug-likeness (QED) is 0.406. The molecule has 0 N–H and O–H groups in total. The van der Waals surface area contributed by atoms with Gasteiger partial charge in [-0.3, -0.25) is 0 Å². The first-order valence-corrected chi connectivity index (χ1v) is 11.6. The first-order chi connectivity index (χ1) is 15.8. The topological polar surface area (TPSA) is 40.0 Å². The van der Waals surface area contributed by atoms with E-state index in [1.165, 1.54) is 63.2 Å². The molecule has 0 saturated carbocycles. The summed E-state index contributed by atoms with van der Waals surface area (Å²) in [7, 11) is 0. The lowest BCUT2D eigenvalue weighted by Gasteiger charge is -2.17. The van der Waals surface area contributed by atoms with E-state index in [-0.39, 0.29) is 12.4 Å². The Bertz CT molecular complexity index is 1000. The summed E-state index contributed by atoms with van der Waals surface area (Å²) in [6.07, 6.45) is 12.8. The molecule has 0 atom stereocenters. The third kappa shape index (κ3) is 5.45. The molecule has 0 spiro atoms. The fourth-order valence-electron chi connectivity index (χ4n) is 4.44. The fourth-order valence-corrected chi connectivity index (χ4v) is 4.44. The maximum absolute atomic E-state index is 4.61. The minimum Gasteiger partial charge on any atom is -1.00 e. The molecule has 2 aromatic carbocycles. The van der Waals surface area contributed by atoms with Gasteiger partial charge in [0.15, 0.2) is 12.4 Å². The number of hydrogen-bond donors (Lipinski definition) is 0. The predicted octanol–water partition coefficient (Wildman–Crippen LogP) is 1.05. The number of anilines is 2. The van der Waals surface area contributed by atoms with Crippen LogP contribution >= 0.6 is 0 Å². The van der Waals surface area contributed by atoms with Crippen LogP contribution in [0.25, 0.3) is 0 Å². The molecule has 0 unspecified atom stereocenters. The van der Waals surface area contributed by atoms with E-state index in [1.54, 1.807) is 0 Å². The maximum atomic E-state index is 4.61. The van der Waals surface area contributed by atoms with Gasteiger partial charge in [-0.15, -0.1) is 9.35 Å². The van der Waals surface area contributed by atoms with Crippen LogP contribution in [0.3, 0.4) is 0 Å². The smallest absolute Gasteiger partial charge is 0.304 e. The maximum Gasteiger partial charge on any atom is 0.304 e. The van der Waals surface area contributed by atoms with Gasteiger partial charge >= 0.3 is 5.82 Å². The molecule has 2 fully saturated rings. The molecule has 6 nitrogen and oxygen atoms in total. The van der Waals surface area contributed by atoms with Gasteiger partial charge < -0.3 is 22.2 Å². The Morgan fingerprint density at radius 3 is 1.73 bits per heavy atom. The van der Waals surface area contributed by atoms with E-state index in [4.69, 9.17) is 0 Å². The zero-order valence-electron chi connectivity index (χ0n) is 19.1. The van der Waals surface area contributed by atoms with Crippen LogP contribution in [0.4, 0.5) is 11.4 Å². The van der Waals surface area contributed by atoms with Gasteiger partial charge in [0.05, 0.1) is 12.4 Å². The molecule has 7 heteroatoms. The first-order valence-electron chi connectivity index (χ1n) is 11.6. The summed E-state index contributed by atoms with van der Waals surface area (Å²) in [5.74, 6) is 0.944. The molecular formula is C26H31ClN6. The van der Waals surface area contributed by atoms with Crippen LogP contribution in [-0.2, 0) is 0 Å². The summed E-state index contributed by atoms with van der Waals surface area (Å²) in [6.45, 7) is 6.68. The molecule has 0 amide bonds. The van der Waals surface area contributed by atoms with Gasteiger partial charge in [-0.2, -0.15) is 0 Å². The Kier molecular flexibility index (Phi) is 7.45. The van der Waals surface area contributed by atoms with Crippen molar-refractivity contribution in [1.82, 2.24) is 4.68 Å². The molecular weight excluding hydrogens is 432 g/mol. The normalized spacial score (nSPS) is 16.3. The van der Waals surface area contributed by atoms with E-state index >= 15 is 0 Å². The van der Waals surface area contributed by atoms with Crippen LogP contribution in [0.2, 0.25) is 0 Å². The fraction of sp³-hybridized carbons (Fsp3) is 0.346. The van der Waals surface area contributed by atoms with Crippen molar-refractivity contribution in [3.05, 3.63) is 77.9 Å². The Balaban J connectivity index is 0.00000259. The predicted molar refractivity (Wildman–Crippen MR) is 131 cm³/mol. The van der Waals surface area contributed by atoms with E-state index in [0.717, 1.165) is 17.0 Å². The van der Waals surface area contributed by atoms with Crippen LogP contribution in [-0.4, -0.2) is 43.3 Å². The summed E-state index contributed by atoms with van der Waals surface area (Å²) in [5.41, 5.74) is 4.79. The number of hydrogen-bond acceptors (Lipinski definition) is 4. The number of benzene rings is 2. The van der Waals surface area contributed by atoms with Gasteiger partial charge in [-0.1, -0.05) is 34.5 Å². The van der Waals surface area contributed by atoms with Gasteiger partial charge in [-0.25, -0.2) is 0 Å². The third-order valence-corrected chi connectivity index (χ3v) is 6.40. The summed E-state index contributed by atoms with van der Waals surface area (Å²) < 4.78 is 3.70. The van der Waals surface area contributed by atoms with Gasteiger partial charge in [0.25, 0.3) is 0 Å². The second-order valence-corrected chi connectivity index (χ2v) is 8.60. The number of imidazole rings is 1. The second-order valence-electron chi connectivity index (χ2n) is 8.60. The summed E-state index contributed by atoms with van der Waals surface area (Å²) >= 11 is 0. The summed E-state index contributed by atoms with van der Waals surface area (Å²) in [4.78, 5) is 4.88. The molecule has 172 valence electrons. The monoisotopic (exact) mass is 462 g/mol. The molecule has 3 aromatic rings. The van der Waals surface area contributed by atoms with Crippen molar-refractivity contribution < 1.29 is 17.1 Å². The molecule has 5 rings (SSSR count). The Morgan fingerprint density at radius 1 is 0.727 bits per heavy atom. The largest absolute Gasteiger partial charge is 1.00 e. The summed E-state index contributed by atoms with van der Waals surface area (Å²) in [6, 6.07) is 17.3. The Labute approximate surface area is 202 Å². The van der Waals surface area contributed by atoms with Crippen LogP contribution in [0, 0.1) is 6.92 Å². The van der Waals surface area contributed by atoms with E-state index in [1.807, 2.05) is 41.1 Å². The van der Waals surface area contributed by atoms with Crippen LogP contribution in [0.1, 0.15) is 42.6 Å². The number of nitrogens with zero attached hydrogens (tertiary/aromatic N) is 6. The van der Waals surface area contributed by atoms with Gasteiger partial charge in [0.2, 0.25) is 0 Å². The molecule has 0 bridgehead atoms. The highest BCUT2D eigenvalue weighted by Crippen LogP contribution is 2.21. The number of halogens is 1. The van der Waals surface area contributed by atoms with Gasteiger partial charge in [0, 0.05) is 44.5 Å². The average Bonchev–Trinajstić information content (AvgIpc) is 3.60. The first kappa shape index (κ1) is 23.1. The standard InChI is InChI=1S/C26H31N6.ClH/c1-22-31(27-20-23-6-10-25(11-7-23)29-14-2-3-15-29)18-19-32(22)28-21-24-8-12-26(13-9-24)30-16-4-5-17-30;/h6-13,18-21H,2-5,14-17H2,1H3;1H/q+1;/p-1. The van der Waals surface area contributed by atoms with Crippen LogP contribution < -0.4 is 26.9 Å². The summed E-state index contributed by atoms with van der Waals surface area (Å²) in [5, 5.41) is 9.22. The van der Waals surface area contributed by atoms with Gasteiger partial charge in [-0.05, 0) is 61.1 Å². The highest BCUT2D eigenvalue weighted by Gasteiger charge is 2.13. The van der Waals surface area contributed by atoms with Crippen molar-refractivity contribution in [2.24, 2.45) is 10.2 Å². The van der Waals surface area contributed by atoms with Crippen molar-refractivity contribution in [2.45, 2.75) is 32.6 Å². The Hall–Kier alpha value is -3.12. The molecule has 1 aromatic heterocycles. The van der Waals surface area contributed by atoms with Crippen molar-refractivity contribution in [3.8, 4) is 0 Å². The zero-order valence-corrected chi connectivity index (χ0v) is 19.9. The van der Waals surface area contributed by atoms with E-state index in [2.05, 4.69) is 68.5 Å². The SMILES string of the molecule is Cc1n(N=Cc2ccc(N3CCCC3)cc2)cc[n+]1N=Cc1ccc(N2CCCC2)cc1.[Cl-]. The molecule has 0 radical (unpaired) electrons. The Morgan fingerprint density at radius 2 is 1.21 bits per heavy atom. The van der Waals surface area contributed by atoms with E-state index in [9.17, 15) is 0 Å². The average molecular weight is 463 g/mol. The lowest BCUT2D eigenvalue weighted by atomic mass is 10.2. The minimum atomic E-state index is 0. The van der Waals surface area contributed by atoms with E-state index in [0.29, 0.717) is 0 Å². The molecule has 2 aliphatic rings.